The van der Waals surface area contributed by atoms with Gasteiger partial charge in [0.25, 0.3) is 0 Å². The minimum Gasteiger partial charge on any atom is -0.374 e. The highest BCUT2D eigenvalue weighted by molar-refractivity contribution is 7.15. The number of nitrogens with zero attached hydrogens (tertiary/aromatic N) is 3. The zero-order valence-electron chi connectivity index (χ0n) is 15.1. The van der Waals surface area contributed by atoms with Gasteiger partial charge in [0, 0.05) is 25.3 Å². The second-order valence-corrected chi connectivity index (χ2v) is 7.36. The summed E-state index contributed by atoms with van der Waals surface area (Å²) in [6.07, 6.45) is 0.198. The summed E-state index contributed by atoms with van der Waals surface area (Å²) in [6, 6.07) is 5.90. The fraction of sp³-hybridized carbons (Fsp3) is 0.444. The molecule has 26 heavy (non-hydrogen) atoms. The number of ether oxygens (including phenoxy) is 1. The van der Waals surface area contributed by atoms with Gasteiger partial charge in [0.2, 0.25) is 16.9 Å². The Balaban J connectivity index is 1.63. The van der Waals surface area contributed by atoms with E-state index < -0.39 is 5.92 Å². The highest BCUT2D eigenvalue weighted by Gasteiger charge is 2.35. The van der Waals surface area contributed by atoms with Gasteiger partial charge in [-0.15, -0.1) is 10.2 Å². The lowest BCUT2D eigenvalue weighted by molar-refractivity contribution is -0.122. The van der Waals surface area contributed by atoms with E-state index in [4.69, 9.17) is 4.74 Å². The molecular weight excluding hydrogens is 352 g/mol. The maximum atomic E-state index is 12.5. The van der Waals surface area contributed by atoms with Crippen molar-refractivity contribution in [3.63, 3.8) is 0 Å². The molecule has 2 heterocycles. The Hall–Kier alpha value is -2.32. The molecule has 0 aliphatic carbocycles. The minimum absolute atomic E-state index is 0.0392. The van der Waals surface area contributed by atoms with E-state index in [9.17, 15) is 9.59 Å². The fourth-order valence-corrected chi connectivity index (χ4v) is 3.47. The normalized spacial score (nSPS) is 17.0. The number of carbonyl (C=O) groups excluding carboxylic acids is 2. The molecule has 1 aliphatic heterocycles. The van der Waals surface area contributed by atoms with Crippen molar-refractivity contribution in [2.24, 2.45) is 5.92 Å². The molecule has 0 radical (unpaired) electrons. The summed E-state index contributed by atoms with van der Waals surface area (Å²) in [6.45, 7) is 7.30. The molecule has 1 atom stereocenters. The third-order valence-electron chi connectivity index (χ3n) is 4.42. The van der Waals surface area contributed by atoms with Gasteiger partial charge < -0.3 is 15.0 Å². The van der Waals surface area contributed by atoms with E-state index in [-0.39, 0.29) is 18.2 Å². The molecule has 0 saturated carbocycles. The monoisotopic (exact) mass is 374 g/mol. The molecule has 3 rings (SSSR count). The smallest absolute Gasteiger partial charge is 0.231 e. The molecule has 1 saturated heterocycles. The summed E-state index contributed by atoms with van der Waals surface area (Å²) in [5.74, 6) is -0.644. The number of nitrogens with one attached hydrogen (secondary N) is 1. The van der Waals surface area contributed by atoms with Crippen molar-refractivity contribution < 1.29 is 14.3 Å². The Kier molecular flexibility index (Phi) is 5.63. The van der Waals surface area contributed by atoms with Gasteiger partial charge in [-0.3, -0.25) is 9.59 Å². The fourth-order valence-electron chi connectivity index (χ4n) is 2.79. The Morgan fingerprint density at radius 2 is 2.15 bits per heavy atom. The molecule has 1 aromatic heterocycles. The van der Waals surface area contributed by atoms with Crippen LogP contribution in [0.2, 0.25) is 0 Å². The van der Waals surface area contributed by atoms with Gasteiger partial charge in [-0.2, -0.15) is 0 Å². The SMILES string of the molecule is CCOCc1nnc(NC(=O)[C@H]2CC(=O)N(c3ccc(C)c(C)c3)C2)s1. The van der Waals surface area contributed by atoms with E-state index in [0.29, 0.717) is 29.9 Å². The average molecular weight is 374 g/mol. The molecule has 0 spiro atoms. The highest BCUT2D eigenvalue weighted by atomic mass is 32.1. The Morgan fingerprint density at radius 3 is 2.88 bits per heavy atom. The lowest BCUT2D eigenvalue weighted by Gasteiger charge is -2.17. The van der Waals surface area contributed by atoms with E-state index in [2.05, 4.69) is 15.5 Å². The Labute approximate surface area is 156 Å². The molecular formula is C18H22N4O3S. The van der Waals surface area contributed by atoms with Crippen molar-refractivity contribution in [2.75, 3.05) is 23.4 Å². The zero-order chi connectivity index (χ0) is 18.7. The largest absolute Gasteiger partial charge is 0.374 e. The van der Waals surface area contributed by atoms with Crippen molar-refractivity contribution in [2.45, 2.75) is 33.8 Å². The molecule has 1 aliphatic rings. The summed E-state index contributed by atoms with van der Waals surface area (Å²) >= 11 is 1.28. The summed E-state index contributed by atoms with van der Waals surface area (Å²) in [5.41, 5.74) is 3.14. The molecule has 2 amide bonds. The van der Waals surface area contributed by atoms with Crippen LogP contribution in [-0.4, -0.2) is 35.2 Å². The van der Waals surface area contributed by atoms with Gasteiger partial charge >= 0.3 is 0 Å². The topological polar surface area (TPSA) is 84.4 Å². The van der Waals surface area contributed by atoms with Gasteiger partial charge in [-0.25, -0.2) is 0 Å². The number of aromatic nitrogens is 2. The van der Waals surface area contributed by atoms with Crippen LogP contribution in [0.3, 0.4) is 0 Å². The van der Waals surface area contributed by atoms with Gasteiger partial charge in [0.05, 0.1) is 5.92 Å². The Bertz CT molecular complexity index is 821. The molecule has 0 unspecified atom stereocenters. The van der Waals surface area contributed by atoms with E-state index in [0.717, 1.165) is 11.3 Å². The highest BCUT2D eigenvalue weighted by Crippen LogP contribution is 2.28. The first-order valence-electron chi connectivity index (χ1n) is 8.56. The lowest BCUT2D eigenvalue weighted by atomic mass is 10.1. The zero-order valence-corrected chi connectivity index (χ0v) is 15.9. The molecule has 1 aromatic carbocycles. The summed E-state index contributed by atoms with van der Waals surface area (Å²) in [4.78, 5) is 26.5. The lowest BCUT2D eigenvalue weighted by Crippen LogP contribution is -2.28. The number of rotatable bonds is 6. The van der Waals surface area contributed by atoms with Crippen LogP contribution in [-0.2, 0) is 20.9 Å². The maximum absolute atomic E-state index is 12.5. The van der Waals surface area contributed by atoms with Gasteiger partial charge in [-0.05, 0) is 44.0 Å². The van der Waals surface area contributed by atoms with Crippen LogP contribution in [0.15, 0.2) is 18.2 Å². The Morgan fingerprint density at radius 1 is 1.35 bits per heavy atom. The van der Waals surface area contributed by atoms with Crippen molar-refractivity contribution in [1.82, 2.24) is 10.2 Å². The number of hydrogen-bond donors (Lipinski definition) is 1. The quantitative estimate of drug-likeness (QED) is 0.840. The van der Waals surface area contributed by atoms with Crippen molar-refractivity contribution >= 4 is 34.0 Å². The number of benzene rings is 1. The maximum Gasteiger partial charge on any atom is 0.231 e. The average Bonchev–Trinajstić information content (AvgIpc) is 3.22. The summed E-state index contributed by atoms with van der Waals surface area (Å²) in [5, 5.41) is 11.8. The van der Waals surface area contributed by atoms with Crippen LogP contribution in [0, 0.1) is 19.8 Å². The molecule has 7 nitrogen and oxygen atoms in total. The van der Waals surface area contributed by atoms with Gasteiger partial charge in [-0.1, -0.05) is 17.4 Å². The minimum atomic E-state index is -0.400. The molecule has 1 N–H and O–H groups in total. The first-order valence-corrected chi connectivity index (χ1v) is 9.38. The van der Waals surface area contributed by atoms with Crippen LogP contribution in [0.4, 0.5) is 10.8 Å². The van der Waals surface area contributed by atoms with Crippen molar-refractivity contribution in [3.05, 3.63) is 34.3 Å². The van der Waals surface area contributed by atoms with E-state index in [1.807, 2.05) is 39.0 Å². The van der Waals surface area contributed by atoms with Crippen molar-refractivity contribution in [1.29, 1.82) is 0 Å². The van der Waals surface area contributed by atoms with Crippen LogP contribution < -0.4 is 10.2 Å². The number of anilines is 2. The molecule has 138 valence electrons. The summed E-state index contributed by atoms with van der Waals surface area (Å²) < 4.78 is 5.28. The van der Waals surface area contributed by atoms with Crippen LogP contribution in [0.25, 0.3) is 0 Å². The first kappa shape index (κ1) is 18.5. The number of carbonyl (C=O) groups is 2. The van der Waals surface area contributed by atoms with Gasteiger partial charge in [0.1, 0.15) is 11.6 Å². The second kappa shape index (κ2) is 7.92. The number of hydrogen-bond acceptors (Lipinski definition) is 6. The van der Waals surface area contributed by atoms with Crippen LogP contribution in [0.5, 0.6) is 0 Å². The second-order valence-electron chi connectivity index (χ2n) is 6.30. The van der Waals surface area contributed by atoms with E-state index >= 15 is 0 Å². The van der Waals surface area contributed by atoms with Crippen LogP contribution in [0.1, 0.15) is 29.5 Å². The third kappa shape index (κ3) is 4.08. The predicted molar refractivity (Wildman–Crippen MR) is 100 cm³/mol. The van der Waals surface area contributed by atoms with E-state index in [1.165, 1.54) is 16.9 Å². The number of aryl methyl sites for hydroxylation is 2. The van der Waals surface area contributed by atoms with Crippen molar-refractivity contribution in [3.8, 4) is 0 Å². The number of amides is 2. The molecule has 1 fully saturated rings. The first-order chi connectivity index (χ1) is 12.5. The molecule has 8 heteroatoms. The van der Waals surface area contributed by atoms with E-state index in [1.54, 1.807) is 4.90 Å². The summed E-state index contributed by atoms with van der Waals surface area (Å²) in [7, 11) is 0. The third-order valence-corrected chi connectivity index (χ3v) is 5.24. The predicted octanol–water partition coefficient (Wildman–Crippen LogP) is 2.68. The standard InChI is InChI=1S/C18H22N4O3S/c1-4-25-10-15-20-21-18(26-15)19-17(24)13-8-16(23)22(9-13)14-6-5-11(2)12(3)7-14/h5-7,13H,4,8-10H2,1-3H3,(H,19,21,24)/t13-/m0/s1. The van der Waals surface area contributed by atoms with Gasteiger partial charge in [0.15, 0.2) is 0 Å². The molecule has 2 aromatic rings. The molecule has 0 bridgehead atoms. The van der Waals surface area contributed by atoms with Crippen LogP contribution >= 0.6 is 11.3 Å².